The number of anilines is 1. The molecule has 0 saturated carbocycles. The molecule has 0 bridgehead atoms. The van der Waals surface area contributed by atoms with Crippen LogP contribution in [0.1, 0.15) is 45.6 Å². The van der Waals surface area contributed by atoms with Gasteiger partial charge in [-0.25, -0.2) is 8.78 Å². The van der Waals surface area contributed by atoms with Crippen molar-refractivity contribution in [3.63, 3.8) is 0 Å². The summed E-state index contributed by atoms with van der Waals surface area (Å²) in [5.41, 5.74) is -2.94. The molecular formula is C30H31ClF7N3O7. The number of halogens is 8. The Hall–Kier alpha value is -4.12. The maximum absolute atomic E-state index is 14.0. The molecule has 2 atom stereocenters. The lowest BCUT2D eigenvalue weighted by Crippen LogP contribution is -2.51. The number of aliphatic hydroxyl groups is 1. The average Bonchev–Trinajstić information content (AvgIpc) is 2.97. The summed E-state index contributed by atoms with van der Waals surface area (Å²) in [5, 5.41) is 14.9. The fraction of sp³-hybridized carbons (Fsp3) is 0.467. The standard InChI is InChI=1S/C30H31ClF7N3O7/c1-29(2,3)48-22(43)12-20(21(42)13-47-25-23(34)17(32)11-18(33)24(25)35)40-26(44)14-6-8-41(9-7-14)28(46)27(45)39-19-10-15(31)4-5-16(19)30(36,37)38/h4-5,10-11,14,20-21,42H,6-9,12-13H2,1-3H3,(H,39,45)(H,40,44)/t20-,21?/m0/s1. The Bertz CT molecular complexity index is 1520. The second-order valence-electron chi connectivity index (χ2n) is 11.8. The highest BCUT2D eigenvalue weighted by Gasteiger charge is 2.37. The van der Waals surface area contributed by atoms with Crippen LogP contribution in [-0.2, 0) is 30.1 Å². The Kier molecular flexibility index (Phi) is 12.3. The number of carbonyl (C=O) groups excluding carboxylic acids is 4. The number of hydrogen-bond donors (Lipinski definition) is 3. The van der Waals surface area contributed by atoms with Crippen LogP contribution in [0, 0.1) is 29.2 Å². The van der Waals surface area contributed by atoms with Crippen LogP contribution in [0.4, 0.5) is 36.4 Å². The quantitative estimate of drug-likeness (QED) is 0.148. The predicted molar refractivity (Wildman–Crippen MR) is 155 cm³/mol. The first-order chi connectivity index (χ1) is 22.2. The molecule has 10 nitrogen and oxygen atoms in total. The molecule has 1 aliphatic heterocycles. The zero-order valence-corrected chi connectivity index (χ0v) is 26.4. The number of carbonyl (C=O) groups is 4. The third-order valence-corrected chi connectivity index (χ3v) is 7.19. The maximum atomic E-state index is 14.0. The number of benzene rings is 2. The van der Waals surface area contributed by atoms with Gasteiger partial charge in [0.25, 0.3) is 0 Å². The summed E-state index contributed by atoms with van der Waals surface area (Å²) in [4.78, 5) is 51.9. The zero-order chi connectivity index (χ0) is 36.1. The van der Waals surface area contributed by atoms with Crippen molar-refractivity contribution in [3.05, 3.63) is 58.1 Å². The van der Waals surface area contributed by atoms with E-state index in [1.807, 2.05) is 5.32 Å². The topological polar surface area (TPSA) is 134 Å². The maximum Gasteiger partial charge on any atom is 0.418 e. The van der Waals surface area contributed by atoms with E-state index in [0.29, 0.717) is 6.07 Å². The van der Waals surface area contributed by atoms with Crippen LogP contribution in [0.5, 0.6) is 5.75 Å². The Morgan fingerprint density at radius 1 is 1.00 bits per heavy atom. The molecule has 1 unspecified atom stereocenters. The second kappa shape index (κ2) is 15.4. The summed E-state index contributed by atoms with van der Waals surface area (Å²) < 4.78 is 105. The molecule has 2 aromatic rings. The molecule has 0 aromatic heterocycles. The minimum atomic E-state index is -4.85. The normalized spacial score (nSPS) is 15.4. The Morgan fingerprint density at radius 3 is 2.12 bits per heavy atom. The summed E-state index contributed by atoms with van der Waals surface area (Å²) in [7, 11) is 0. The third kappa shape index (κ3) is 10.2. The summed E-state index contributed by atoms with van der Waals surface area (Å²) >= 11 is 5.75. The fourth-order valence-electron chi connectivity index (χ4n) is 4.64. The van der Waals surface area contributed by atoms with E-state index < -0.39 is 107 Å². The number of hydrogen-bond acceptors (Lipinski definition) is 7. The smallest absolute Gasteiger partial charge is 0.418 e. The number of piperidine rings is 1. The van der Waals surface area contributed by atoms with Gasteiger partial charge >= 0.3 is 24.0 Å². The van der Waals surface area contributed by atoms with Crippen LogP contribution < -0.4 is 15.4 Å². The van der Waals surface area contributed by atoms with Crippen molar-refractivity contribution in [2.24, 2.45) is 5.92 Å². The van der Waals surface area contributed by atoms with Gasteiger partial charge < -0.3 is 30.1 Å². The molecular weight excluding hydrogens is 683 g/mol. The Morgan fingerprint density at radius 2 is 1.58 bits per heavy atom. The van der Waals surface area contributed by atoms with E-state index in [0.717, 1.165) is 17.0 Å². The van der Waals surface area contributed by atoms with Gasteiger partial charge in [0.2, 0.25) is 17.5 Å². The van der Waals surface area contributed by atoms with E-state index in [2.05, 4.69) is 5.32 Å². The number of esters is 1. The predicted octanol–water partition coefficient (Wildman–Crippen LogP) is 4.75. The van der Waals surface area contributed by atoms with E-state index >= 15 is 0 Å². The van der Waals surface area contributed by atoms with Crippen molar-refractivity contribution >= 4 is 41.0 Å². The molecule has 2 aromatic carbocycles. The number of amides is 3. The van der Waals surface area contributed by atoms with Gasteiger partial charge in [0, 0.05) is 30.1 Å². The molecule has 3 amide bonds. The first-order valence-electron chi connectivity index (χ1n) is 14.3. The highest BCUT2D eigenvalue weighted by molar-refractivity contribution is 6.40. The summed E-state index contributed by atoms with van der Waals surface area (Å²) in [6.45, 7) is 3.23. The second-order valence-corrected chi connectivity index (χ2v) is 12.2. The van der Waals surface area contributed by atoms with Crippen LogP contribution >= 0.6 is 11.6 Å². The molecule has 3 rings (SSSR count). The number of nitrogens with one attached hydrogen (secondary N) is 2. The lowest BCUT2D eigenvalue weighted by atomic mass is 9.94. The van der Waals surface area contributed by atoms with Gasteiger partial charge in [0.05, 0.1) is 23.7 Å². The van der Waals surface area contributed by atoms with E-state index in [1.165, 1.54) is 0 Å². The van der Waals surface area contributed by atoms with Crippen molar-refractivity contribution < 1.29 is 64.5 Å². The van der Waals surface area contributed by atoms with Crippen LogP contribution in [0.2, 0.25) is 5.02 Å². The minimum Gasteiger partial charge on any atom is -0.485 e. The molecule has 0 aliphatic carbocycles. The monoisotopic (exact) mass is 713 g/mol. The van der Waals surface area contributed by atoms with E-state index in [-0.39, 0.29) is 37.0 Å². The molecule has 0 spiro atoms. The SMILES string of the molecule is CC(C)(C)OC(=O)C[C@H](NC(=O)C1CCN(C(=O)C(=O)Nc2cc(Cl)ccc2C(F)(F)F)CC1)C(O)COc1c(F)c(F)cc(F)c1F. The summed E-state index contributed by atoms with van der Waals surface area (Å²) in [6.07, 6.45) is -7.50. The van der Waals surface area contributed by atoms with Crippen molar-refractivity contribution in [3.8, 4) is 5.75 Å². The third-order valence-electron chi connectivity index (χ3n) is 6.95. The molecule has 264 valence electrons. The summed E-state index contributed by atoms with van der Waals surface area (Å²) in [6, 6.07) is 0.898. The van der Waals surface area contributed by atoms with E-state index in [1.54, 1.807) is 20.8 Å². The van der Waals surface area contributed by atoms with Gasteiger partial charge in [-0.05, 0) is 51.8 Å². The molecule has 18 heteroatoms. The largest absolute Gasteiger partial charge is 0.485 e. The molecule has 1 aliphatic rings. The van der Waals surface area contributed by atoms with Crippen molar-refractivity contribution in [1.29, 1.82) is 0 Å². The highest BCUT2D eigenvalue weighted by Crippen LogP contribution is 2.36. The molecule has 0 radical (unpaired) electrons. The number of aliphatic hydroxyl groups excluding tert-OH is 1. The molecule has 3 N–H and O–H groups in total. The molecule has 1 fully saturated rings. The molecule has 1 heterocycles. The van der Waals surface area contributed by atoms with Gasteiger partial charge in [-0.3, -0.25) is 19.2 Å². The van der Waals surface area contributed by atoms with Crippen LogP contribution in [0.15, 0.2) is 24.3 Å². The van der Waals surface area contributed by atoms with E-state index in [4.69, 9.17) is 21.1 Å². The fourth-order valence-corrected chi connectivity index (χ4v) is 4.81. The van der Waals surface area contributed by atoms with Crippen molar-refractivity contribution in [1.82, 2.24) is 10.2 Å². The van der Waals surface area contributed by atoms with E-state index in [9.17, 15) is 55.0 Å². The van der Waals surface area contributed by atoms with Crippen molar-refractivity contribution in [2.45, 2.75) is 64.0 Å². The lowest BCUT2D eigenvalue weighted by Gasteiger charge is -2.32. The summed E-state index contributed by atoms with van der Waals surface area (Å²) in [5.74, 6) is -13.8. The number of alkyl halides is 3. The number of rotatable bonds is 9. The Balaban J connectivity index is 1.66. The lowest BCUT2D eigenvalue weighted by molar-refractivity contribution is -0.156. The molecule has 1 saturated heterocycles. The highest BCUT2D eigenvalue weighted by atomic mass is 35.5. The first-order valence-corrected chi connectivity index (χ1v) is 14.7. The van der Waals surface area contributed by atoms with Gasteiger partial charge in [0.1, 0.15) is 18.3 Å². The van der Waals surface area contributed by atoms with Crippen LogP contribution in [0.3, 0.4) is 0 Å². The zero-order valence-electron chi connectivity index (χ0n) is 25.7. The molecule has 48 heavy (non-hydrogen) atoms. The number of nitrogens with zero attached hydrogens (tertiary/aromatic N) is 1. The number of ether oxygens (including phenoxy) is 2. The van der Waals surface area contributed by atoms with Crippen LogP contribution in [-0.4, -0.2) is 71.1 Å². The average molecular weight is 714 g/mol. The minimum absolute atomic E-state index is 0.0479. The van der Waals surface area contributed by atoms with Gasteiger partial charge in [-0.15, -0.1) is 0 Å². The van der Waals surface area contributed by atoms with Gasteiger partial charge in [-0.1, -0.05) is 11.6 Å². The number of likely N-dealkylation sites (tertiary alicyclic amines) is 1. The Labute approximate surface area is 274 Å². The van der Waals surface area contributed by atoms with Crippen molar-refractivity contribution in [2.75, 3.05) is 25.0 Å². The first kappa shape index (κ1) is 38.3. The van der Waals surface area contributed by atoms with Crippen LogP contribution in [0.25, 0.3) is 0 Å². The van der Waals surface area contributed by atoms with Gasteiger partial charge in [-0.2, -0.15) is 22.0 Å². The van der Waals surface area contributed by atoms with Gasteiger partial charge in [0.15, 0.2) is 17.4 Å².